The van der Waals surface area contributed by atoms with Crippen LogP contribution in [-0.4, -0.2) is 53.3 Å². The van der Waals surface area contributed by atoms with Crippen LogP contribution in [0, 0.1) is 3.57 Å². The number of aromatic nitrogens is 1. The molecule has 1 aromatic heterocycles. The maximum Gasteiger partial charge on any atom is 0.341 e. The van der Waals surface area contributed by atoms with Gasteiger partial charge in [-0.2, -0.15) is 0 Å². The number of fused-ring (bicyclic) bond motifs is 1. The number of halogens is 2. The van der Waals surface area contributed by atoms with E-state index in [9.17, 15) is 14.4 Å². The molecule has 0 fully saturated rings. The van der Waals surface area contributed by atoms with E-state index in [4.69, 9.17) is 26.2 Å². The van der Waals surface area contributed by atoms with Crippen molar-refractivity contribution in [3.8, 4) is 11.5 Å². The third-order valence-electron chi connectivity index (χ3n) is 6.38. The number of hydrogen-bond donors (Lipinski definition) is 1. The third-order valence-corrected chi connectivity index (χ3v) is 8.41. The Morgan fingerprint density at radius 2 is 1.90 bits per heavy atom. The highest BCUT2D eigenvalue weighted by atomic mass is 127. The van der Waals surface area contributed by atoms with Gasteiger partial charge in [0.25, 0.3) is 11.5 Å². The normalized spacial score (nSPS) is 14.9. The molecule has 1 amide bonds. The Hall–Kier alpha value is -3.16. The van der Waals surface area contributed by atoms with E-state index in [0.29, 0.717) is 59.3 Å². The maximum atomic E-state index is 13.9. The average Bonchev–Trinajstić information content (AvgIpc) is 3.21. The van der Waals surface area contributed by atoms with Crippen LogP contribution >= 0.6 is 45.5 Å². The lowest BCUT2D eigenvalue weighted by molar-refractivity contribution is -0.139. The molecule has 0 spiro atoms. The highest BCUT2D eigenvalue weighted by Crippen LogP contribution is 2.35. The van der Waals surface area contributed by atoms with Gasteiger partial charge < -0.3 is 19.5 Å². The fourth-order valence-corrected chi connectivity index (χ4v) is 6.44. The van der Waals surface area contributed by atoms with Crippen molar-refractivity contribution in [1.29, 1.82) is 0 Å². The number of methoxy groups -OCH3 is 1. The van der Waals surface area contributed by atoms with Crippen molar-refractivity contribution in [2.45, 2.75) is 26.8 Å². The first-order valence-electron chi connectivity index (χ1n) is 12.4. The summed E-state index contributed by atoms with van der Waals surface area (Å²) >= 11 is 9.41. The molecule has 0 aliphatic carbocycles. The molecule has 2 aromatic carbocycles. The SMILES string of the molecule is CCN(CC)C(=O)C1=C(C)N=c2s/c(=C/c3cc(I)c(OCC(=O)O)c(OC)c3)c(=O)n2[C@H]1c1ccc(Cl)cc1. The number of rotatable bonds is 9. The Morgan fingerprint density at radius 1 is 1.23 bits per heavy atom. The van der Waals surface area contributed by atoms with E-state index >= 15 is 0 Å². The lowest BCUT2D eigenvalue weighted by atomic mass is 9.94. The fraction of sp³-hybridized carbons (Fsp3) is 0.286. The lowest BCUT2D eigenvalue weighted by Crippen LogP contribution is -2.43. The zero-order valence-electron chi connectivity index (χ0n) is 22.2. The number of allylic oxidation sites excluding steroid dienone is 1. The number of carboxylic acids is 1. The van der Waals surface area contributed by atoms with Gasteiger partial charge in [0.15, 0.2) is 22.9 Å². The molecule has 9 nitrogen and oxygen atoms in total. The molecular formula is C28H27ClIN3O6S. The van der Waals surface area contributed by atoms with E-state index in [1.807, 2.05) is 48.6 Å². The van der Waals surface area contributed by atoms with Gasteiger partial charge in [-0.1, -0.05) is 35.1 Å². The number of nitrogens with zero attached hydrogens (tertiary/aromatic N) is 3. The number of ether oxygens (including phenoxy) is 2. The van der Waals surface area contributed by atoms with E-state index in [-0.39, 0.29) is 11.5 Å². The minimum absolute atomic E-state index is 0.170. The summed E-state index contributed by atoms with van der Waals surface area (Å²) in [5.74, 6) is -0.625. The number of carbonyl (C=O) groups is 2. The number of carboxylic acid groups (broad SMARTS) is 1. The van der Waals surface area contributed by atoms with Gasteiger partial charge in [0.05, 0.1) is 32.5 Å². The largest absolute Gasteiger partial charge is 0.493 e. The maximum absolute atomic E-state index is 13.9. The van der Waals surface area contributed by atoms with Crippen molar-refractivity contribution >= 4 is 63.5 Å². The Morgan fingerprint density at radius 3 is 2.50 bits per heavy atom. The molecule has 1 N–H and O–H groups in total. The summed E-state index contributed by atoms with van der Waals surface area (Å²) in [5.41, 5.74) is 2.12. The average molecular weight is 696 g/mol. The second-order valence-corrected chi connectivity index (χ2v) is 11.4. The summed E-state index contributed by atoms with van der Waals surface area (Å²) in [6, 6.07) is 9.89. The number of hydrogen-bond acceptors (Lipinski definition) is 7. The monoisotopic (exact) mass is 695 g/mol. The molecule has 0 radical (unpaired) electrons. The highest BCUT2D eigenvalue weighted by molar-refractivity contribution is 14.1. The van der Waals surface area contributed by atoms with Gasteiger partial charge in [0.2, 0.25) is 0 Å². The quantitative estimate of drug-likeness (QED) is 0.341. The molecule has 1 aliphatic rings. The number of aliphatic carboxylic acids is 1. The summed E-state index contributed by atoms with van der Waals surface area (Å²) in [6.45, 7) is 6.16. The van der Waals surface area contributed by atoms with Crippen molar-refractivity contribution in [3.63, 3.8) is 0 Å². The van der Waals surface area contributed by atoms with Gasteiger partial charge >= 0.3 is 5.97 Å². The summed E-state index contributed by atoms with van der Waals surface area (Å²) in [7, 11) is 1.46. The molecule has 1 atom stereocenters. The fourth-order valence-electron chi connectivity index (χ4n) is 4.49. The van der Waals surface area contributed by atoms with Crippen molar-refractivity contribution in [2.75, 3.05) is 26.8 Å². The second-order valence-electron chi connectivity index (χ2n) is 8.83. The van der Waals surface area contributed by atoms with Crippen molar-refractivity contribution in [2.24, 2.45) is 4.99 Å². The third kappa shape index (κ3) is 5.96. The van der Waals surface area contributed by atoms with E-state index in [2.05, 4.69) is 4.99 Å². The molecule has 1 aliphatic heterocycles. The predicted molar refractivity (Wildman–Crippen MR) is 162 cm³/mol. The Labute approximate surface area is 253 Å². The van der Waals surface area contributed by atoms with Gasteiger partial charge in [-0.15, -0.1) is 0 Å². The van der Waals surface area contributed by atoms with Crippen LogP contribution in [0.4, 0.5) is 0 Å². The molecule has 2 heterocycles. The minimum Gasteiger partial charge on any atom is -0.493 e. The van der Waals surface area contributed by atoms with Crippen LogP contribution in [0.3, 0.4) is 0 Å². The molecule has 0 bridgehead atoms. The van der Waals surface area contributed by atoms with E-state index in [1.165, 1.54) is 18.4 Å². The first-order chi connectivity index (χ1) is 19.1. The topological polar surface area (TPSA) is 110 Å². The molecule has 0 saturated carbocycles. The first kappa shape index (κ1) is 29.8. The number of carbonyl (C=O) groups excluding carboxylic acids is 1. The van der Waals surface area contributed by atoms with E-state index < -0.39 is 18.6 Å². The Bertz CT molecular complexity index is 1680. The smallest absolute Gasteiger partial charge is 0.341 e. The van der Waals surface area contributed by atoms with Gasteiger partial charge in [-0.25, -0.2) is 9.79 Å². The number of thiazole rings is 1. The Balaban J connectivity index is 1.89. The van der Waals surface area contributed by atoms with Crippen LogP contribution in [0.1, 0.15) is 37.9 Å². The summed E-state index contributed by atoms with van der Waals surface area (Å²) in [5, 5.41) is 9.53. The molecule has 12 heteroatoms. The second kappa shape index (κ2) is 12.6. The molecule has 40 heavy (non-hydrogen) atoms. The molecule has 0 unspecified atom stereocenters. The standard InChI is InChI=1S/C28H27ClIN3O6S/c1-5-32(6-2)27(37)23-15(3)31-28-33(24(23)17-7-9-18(29)10-8-17)26(36)21(40-28)13-16-11-19(30)25(20(12-16)38-4)39-14-22(34)35/h7-13,24H,5-6,14H2,1-4H3,(H,34,35)/b21-13+/t24-/m0/s1. The van der Waals surface area contributed by atoms with Gasteiger partial charge in [-0.05, 0) is 84.8 Å². The van der Waals surface area contributed by atoms with Gasteiger partial charge in [-0.3, -0.25) is 14.2 Å². The van der Waals surface area contributed by atoms with Crippen LogP contribution < -0.4 is 24.4 Å². The Kier molecular flexibility index (Phi) is 9.37. The lowest BCUT2D eigenvalue weighted by Gasteiger charge is -2.29. The molecule has 210 valence electrons. The number of benzene rings is 2. The zero-order chi connectivity index (χ0) is 29.1. The highest BCUT2D eigenvalue weighted by Gasteiger charge is 2.34. The first-order valence-corrected chi connectivity index (χ1v) is 14.7. The minimum atomic E-state index is -1.10. The van der Waals surface area contributed by atoms with Crippen LogP contribution in [0.5, 0.6) is 11.5 Å². The van der Waals surface area contributed by atoms with Crippen molar-refractivity contribution in [3.05, 3.63) is 87.1 Å². The molecule has 3 aromatic rings. The molecule has 4 rings (SSSR count). The van der Waals surface area contributed by atoms with Crippen LogP contribution in [0.15, 0.2) is 57.5 Å². The van der Waals surface area contributed by atoms with Crippen LogP contribution in [0.25, 0.3) is 6.08 Å². The molecular weight excluding hydrogens is 669 g/mol. The van der Waals surface area contributed by atoms with Crippen molar-refractivity contribution in [1.82, 2.24) is 9.47 Å². The van der Waals surface area contributed by atoms with Crippen molar-refractivity contribution < 1.29 is 24.2 Å². The van der Waals surface area contributed by atoms with E-state index in [0.717, 1.165) is 5.56 Å². The van der Waals surface area contributed by atoms with Crippen LogP contribution in [0.2, 0.25) is 5.02 Å². The molecule has 0 saturated heterocycles. The van der Waals surface area contributed by atoms with Crippen LogP contribution in [-0.2, 0) is 9.59 Å². The summed E-state index contributed by atoms with van der Waals surface area (Å²) in [6.07, 6.45) is 1.72. The van der Waals surface area contributed by atoms with Gasteiger partial charge in [0, 0.05) is 18.1 Å². The predicted octanol–water partition coefficient (Wildman–Crippen LogP) is 3.83. The van der Waals surface area contributed by atoms with E-state index in [1.54, 1.807) is 46.7 Å². The summed E-state index contributed by atoms with van der Waals surface area (Å²) in [4.78, 5) is 45.5. The number of amides is 1. The zero-order valence-corrected chi connectivity index (χ0v) is 26.0. The van der Waals surface area contributed by atoms with Gasteiger partial charge in [0.1, 0.15) is 0 Å². The number of likely N-dealkylation sites (N-methyl/N-ethyl adjacent to an activating group) is 1. The summed E-state index contributed by atoms with van der Waals surface area (Å²) < 4.78 is 13.4.